The molecule has 1 rings (SSSR count). The smallest absolute Gasteiger partial charge is 0.337 e. The Labute approximate surface area is 82.9 Å². The third kappa shape index (κ3) is 2.45. The second-order valence-electron chi connectivity index (χ2n) is 3.60. The summed E-state index contributed by atoms with van der Waals surface area (Å²) in [7, 11) is 0. The normalized spacial score (nSPS) is 10.5. The summed E-state index contributed by atoms with van der Waals surface area (Å²) in [5.41, 5.74) is 0.464. The summed E-state index contributed by atoms with van der Waals surface area (Å²) in [4.78, 5) is 10.6. The predicted molar refractivity (Wildman–Crippen MR) is 53.7 cm³/mol. The maximum Gasteiger partial charge on any atom is 0.337 e. The standard InChI is InChI=1S/C10H14N2O2/c1-7(2)6-12-5-4-9(11-12)8(3)10(13)14/h4-5,7H,3,6H2,1-2H3,(H,13,14). The van der Waals surface area contributed by atoms with E-state index in [2.05, 4.69) is 25.5 Å². The summed E-state index contributed by atoms with van der Waals surface area (Å²) >= 11 is 0. The van der Waals surface area contributed by atoms with Crippen molar-refractivity contribution < 1.29 is 9.90 Å². The molecule has 0 aromatic carbocycles. The molecule has 76 valence electrons. The monoisotopic (exact) mass is 194 g/mol. The van der Waals surface area contributed by atoms with Gasteiger partial charge in [-0.2, -0.15) is 5.10 Å². The van der Waals surface area contributed by atoms with Crippen molar-refractivity contribution >= 4 is 11.5 Å². The van der Waals surface area contributed by atoms with Crippen molar-refractivity contribution in [3.63, 3.8) is 0 Å². The number of carbonyl (C=O) groups is 1. The van der Waals surface area contributed by atoms with E-state index >= 15 is 0 Å². The third-order valence-electron chi connectivity index (χ3n) is 1.76. The average molecular weight is 194 g/mol. The summed E-state index contributed by atoms with van der Waals surface area (Å²) in [5, 5.41) is 12.8. The van der Waals surface area contributed by atoms with Crippen LogP contribution in [0, 0.1) is 5.92 Å². The quantitative estimate of drug-likeness (QED) is 0.741. The fourth-order valence-corrected chi connectivity index (χ4v) is 1.11. The second-order valence-corrected chi connectivity index (χ2v) is 3.60. The Hall–Kier alpha value is -1.58. The van der Waals surface area contributed by atoms with Crippen LogP contribution in [0.2, 0.25) is 0 Å². The van der Waals surface area contributed by atoms with Crippen molar-refractivity contribution in [1.29, 1.82) is 0 Å². The van der Waals surface area contributed by atoms with Crippen molar-refractivity contribution in [2.24, 2.45) is 5.92 Å². The van der Waals surface area contributed by atoms with Gasteiger partial charge in [0.25, 0.3) is 0 Å². The van der Waals surface area contributed by atoms with Gasteiger partial charge in [-0.1, -0.05) is 20.4 Å². The zero-order valence-electron chi connectivity index (χ0n) is 8.40. The highest BCUT2D eigenvalue weighted by Crippen LogP contribution is 2.09. The van der Waals surface area contributed by atoms with E-state index in [1.165, 1.54) is 0 Å². The zero-order chi connectivity index (χ0) is 10.7. The fraction of sp³-hybridized carbons (Fsp3) is 0.400. The number of carboxylic acids is 1. The van der Waals surface area contributed by atoms with Gasteiger partial charge in [0.1, 0.15) is 0 Å². The molecule has 0 aliphatic rings. The Morgan fingerprint density at radius 3 is 2.86 bits per heavy atom. The summed E-state index contributed by atoms with van der Waals surface area (Å²) in [6, 6.07) is 1.67. The van der Waals surface area contributed by atoms with Gasteiger partial charge >= 0.3 is 5.97 Å². The molecule has 1 aromatic heterocycles. The van der Waals surface area contributed by atoms with Crippen molar-refractivity contribution in [3.05, 3.63) is 24.5 Å². The predicted octanol–water partition coefficient (Wildman–Crippen LogP) is 1.64. The molecular formula is C10H14N2O2. The summed E-state index contributed by atoms with van der Waals surface area (Å²) < 4.78 is 1.73. The average Bonchev–Trinajstić information content (AvgIpc) is 2.50. The molecule has 1 N–H and O–H groups in total. The highest BCUT2D eigenvalue weighted by atomic mass is 16.4. The summed E-state index contributed by atoms with van der Waals surface area (Å²) in [6.45, 7) is 8.38. The molecule has 0 saturated heterocycles. The van der Waals surface area contributed by atoms with Gasteiger partial charge in [0, 0.05) is 12.7 Å². The molecule has 1 aromatic rings. The van der Waals surface area contributed by atoms with Crippen LogP contribution in [0.4, 0.5) is 0 Å². The number of hydrogen-bond acceptors (Lipinski definition) is 2. The van der Waals surface area contributed by atoms with E-state index in [-0.39, 0.29) is 5.57 Å². The Morgan fingerprint density at radius 2 is 2.36 bits per heavy atom. The number of aromatic nitrogens is 2. The number of rotatable bonds is 4. The van der Waals surface area contributed by atoms with Crippen LogP contribution in [0.25, 0.3) is 5.57 Å². The van der Waals surface area contributed by atoms with E-state index in [1.807, 2.05) is 0 Å². The molecule has 0 unspecified atom stereocenters. The first-order valence-corrected chi connectivity index (χ1v) is 4.46. The Kier molecular flexibility index (Phi) is 3.06. The van der Waals surface area contributed by atoms with E-state index in [4.69, 9.17) is 5.11 Å². The molecule has 0 atom stereocenters. The minimum Gasteiger partial charge on any atom is -0.478 e. The highest BCUT2D eigenvalue weighted by Gasteiger charge is 2.10. The molecule has 0 radical (unpaired) electrons. The van der Waals surface area contributed by atoms with Crippen LogP contribution in [-0.4, -0.2) is 20.9 Å². The second kappa shape index (κ2) is 4.09. The minimum absolute atomic E-state index is 0.0347. The van der Waals surface area contributed by atoms with Crippen LogP contribution in [-0.2, 0) is 11.3 Å². The Balaban J connectivity index is 2.78. The summed E-state index contributed by atoms with van der Waals surface area (Å²) in [5.74, 6) is -0.541. The van der Waals surface area contributed by atoms with Crippen LogP contribution in [0.3, 0.4) is 0 Å². The first-order chi connectivity index (χ1) is 6.50. The molecule has 0 amide bonds. The lowest BCUT2D eigenvalue weighted by molar-refractivity contribution is -0.130. The lowest BCUT2D eigenvalue weighted by Crippen LogP contribution is -2.06. The van der Waals surface area contributed by atoms with Gasteiger partial charge < -0.3 is 5.11 Å². The van der Waals surface area contributed by atoms with E-state index in [0.717, 1.165) is 6.54 Å². The van der Waals surface area contributed by atoms with Crippen molar-refractivity contribution in [3.8, 4) is 0 Å². The van der Waals surface area contributed by atoms with Gasteiger partial charge in [-0.3, -0.25) is 4.68 Å². The van der Waals surface area contributed by atoms with Crippen molar-refractivity contribution in [2.75, 3.05) is 0 Å². The van der Waals surface area contributed by atoms with E-state index < -0.39 is 5.97 Å². The van der Waals surface area contributed by atoms with Crippen LogP contribution in [0.1, 0.15) is 19.5 Å². The number of aliphatic carboxylic acids is 1. The fourth-order valence-electron chi connectivity index (χ4n) is 1.11. The summed E-state index contributed by atoms with van der Waals surface area (Å²) in [6.07, 6.45) is 1.77. The van der Waals surface area contributed by atoms with Gasteiger partial charge in [-0.15, -0.1) is 0 Å². The molecule has 4 heteroatoms. The first-order valence-electron chi connectivity index (χ1n) is 4.46. The molecule has 0 bridgehead atoms. The topological polar surface area (TPSA) is 55.1 Å². The van der Waals surface area contributed by atoms with Crippen molar-refractivity contribution in [1.82, 2.24) is 9.78 Å². The van der Waals surface area contributed by atoms with Crippen LogP contribution >= 0.6 is 0 Å². The van der Waals surface area contributed by atoms with Gasteiger partial charge in [-0.05, 0) is 12.0 Å². The number of nitrogens with zero attached hydrogens (tertiary/aromatic N) is 2. The molecule has 4 nitrogen and oxygen atoms in total. The molecule has 14 heavy (non-hydrogen) atoms. The zero-order valence-corrected chi connectivity index (χ0v) is 8.40. The Morgan fingerprint density at radius 1 is 1.71 bits per heavy atom. The maximum atomic E-state index is 10.6. The first kappa shape index (κ1) is 10.5. The Bertz CT molecular complexity index is 353. The molecule has 0 aliphatic carbocycles. The van der Waals surface area contributed by atoms with Crippen LogP contribution in [0.15, 0.2) is 18.8 Å². The number of carboxylic acid groups (broad SMARTS) is 1. The van der Waals surface area contributed by atoms with Gasteiger partial charge in [0.15, 0.2) is 0 Å². The van der Waals surface area contributed by atoms with Crippen LogP contribution in [0.5, 0.6) is 0 Å². The molecule has 0 fully saturated rings. The largest absolute Gasteiger partial charge is 0.478 e. The van der Waals surface area contributed by atoms with E-state index in [0.29, 0.717) is 11.6 Å². The van der Waals surface area contributed by atoms with Crippen LogP contribution < -0.4 is 0 Å². The van der Waals surface area contributed by atoms with E-state index in [9.17, 15) is 4.79 Å². The molecule has 0 saturated carbocycles. The maximum absolute atomic E-state index is 10.6. The molecule has 0 aliphatic heterocycles. The van der Waals surface area contributed by atoms with Gasteiger partial charge in [0.05, 0.1) is 11.3 Å². The molecule has 1 heterocycles. The van der Waals surface area contributed by atoms with Crippen molar-refractivity contribution in [2.45, 2.75) is 20.4 Å². The highest BCUT2D eigenvalue weighted by molar-refractivity contribution is 6.13. The van der Waals surface area contributed by atoms with Gasteiger partial charge in [0.2, 0.25) is 0 Å². The third-order valence-corrected chi connectivity index (χ3v) is 1.76. The minimum atomic E-state index is -1.03. The van der Waals surface area contributed by atoms with E-state index in [1.54, 1.807) is 16.9 Å². The molecular weight excluding hydrogens is 180 g/mol. The lowest BCUT2D eigenvalue weighted by atomic mass is 10.2. The molecule has 0 spiro atoms. The SMILES string of the molecule is C=C(C(=O)O)c1ccn(CC(C)C)n1. The lowest BCUT2D eigenvalue weighted by Gasteiger charge is -2.03. The van der Waals surface area contributed by atoms with Gasteiger partial charge in [-0.25, -0.2) is 4.79 Å². The number of hydrogen-bond donors (Lipinski definition) is 1.